The molecule has 0 amide bonds. The van der Waals surface area contributed by atoms with Gasteiger partial charge in [-0.15, -0.1) is 0 Å². The van der Waals surface area contributed by atoms with Crippen LogP contribution >= 0.6 is 0 Å². The molecule has 0 atom stereocenters. The molecule has 0 bridgehead atoms. The van der Waals surface area contributed by atoms with Crippen LogP contribution in [0, 0.1) is 0 Å². The van der Waals surface area contributed by atoms with Gasteiger partial charge in [0.1, 0.15) is 5.75 Å². The van der Waals surface area contributed by atoms with Crippen LogP contribution in [0.2, 0.25) is 0 Å². The van der Waals surface area contributed by atoms with Crippen molar-refractivity contribution >= 4 is 10.0 Å². The molecule has 6 nitrogen and oxygen atoms in total. The second-order valence-corrected chi connectivity index (χ2v) is 8.95. The van der Waals surface area contributed by atoms with Crippen molar-refractivity contribution in [1.29, 1.82) is 0 Å². The molecule has 24 heavy (non-hydrogen) atoms. The Morgan fingerprint density at radius 2 is 1.92 bits per heavy atom. The summed E-state index contributed by atoms with van der Waals surface area (Å²) in [5.41, 5.74) is 1.86. The Bertz CT molecular complexity index is 850. The number of aromatic nitrogens is 2. The third-order valence-corrected chi connectivity index (χ3v) is 6.05. The second kappa shape index (κ2) is 5.89. The molecule has 1 aromatic heterocycles. The summed E-state index contributed by atoms with van der Waals surface area (Å²) >= 11 is 0. The molecule has 0 aliphatic carbocycles. The van der Waals surface area contributed by atoms with Gasteiger partial charge in [-0.05, 0) is 18.2 Å². The largest absolute Gasteiger partial charge is 0.497 e. The van der Waals surface area contributed by atoms with Gasteiger partial charge in [-0.3, -0.25) is 4.68 Å². The van der Waals surface area contributed by atoms with E-state index >= 15 is 0 Å². The summed E-state index contributed by atoms with van der Waals surface area (Å²) in [7, 11) is -2.02. The lowest BCUT2D eigenvalue weighted by atomic mass is 9.92. The van der Waals surface area contributed by atoms with Gasteiger partial charge < -0.3 is 4.74 Å². The Morgan fingerprint density at radius 1 is 1.17 bits per heavy atom. The van der Waals surface area contributed by atoms with Crippen LogP contribution in [0.1, 0.15) is 32.2 Å². The summed E-state index contributed by atoms with van der Waals surface area (Å²) in [6.45, 7) is 7.62. The Kier molecular flexibility index (Phi) is 4.17. The minimum Gasteiger partial charge on any atom is -0.497 e. The summed E-state index contributed by atoms with van der Waals surface area (Å²) in [6, 6.07) is 8.59. The zero-order chi connectivity index (χ0) is 17.5. The number of sulfonamides is 1. The van der Waals surface area contributed by atoms with E-state index in [-0.39, 0.29) is 10.3 Å². The molecular weight excluding hydrogens is 326 g/mol. The summed E-state index contributed by atoms with van der Waals surface area (Å²) < 4.78 is 34.4. The SMILES string of the molecule is COc1cccc(S(=O)(=O)N2CCn3nc(C(C)(C)C)cc3C2)c1. The van der Waals surface area contributed by atoms with E-state index in [0.29, 0.717) is 25.4 Å². The Morgan fingerprint density at radius 3 is 2.58 bits per heavy atom. The molecule has 1 aliphatic rings. The zero-order valence-corrected chi connectivity index (χ0v) is 15.3. The summed E-state index contributed by atoms with van der Waals surface area (Å²) in [5, 5.41) is 4.61. The molecular formula is C17H23N3O3S. The maximum Gasteiger partial charge on any atom is 0.243 e. The molecule has 130 valence electrons. The highest BCUT2D eigenvalue weighted by Crippen LogP contribution is 2.27. The molecule has 0 N–H and O–H groups in total. The van der Waals surface area contributed by atoms with Crippen LogP contribution in [0.25, 0.3) is 0 Å². The highest BCUT2D eigenvalue weighted by Gasteiger charge is 2.30. The normalized spacial score (nSPS) is 16.0. The molecule has 0 saturated carbocycles. The maximum atomic E-state index is 12.9. The second-order valence-electron chi connectivity index (χ2n) is 7.01. The first kappa shape index (κ1) is 17.0. The fourth-order valence-corrected chi connectivity index (χ4v) is 4.16. The number of rotatable bonds is 3. The minimum absolute atomic E-state index is 0.0547. The van der Waals surface area contributed by atoms with Crippen LogP contribution in [0.15, 0.2) is 35.2 Å². The van der Waals surface area contributed by atoms with Crippen molar-refractivity contribution < 1.29 is 13.2 Å². The molecule has 3 rings (SSSR count). The molecule has 1 aliphatic heterocycles. The predicted molar refractivity (Wildman–Crippen MR) is 91.5 cm³/mol. The summed E-state index contributed by atoms with van der Waals surface area (Å²) in [5.74, 6) is 0.535. The molecule has 0 spiro atoms. The lowest BCUT2D eigenvalue weighted by Crippen LogP contribution is -2.38. The first-order chi connectivity index (χ1) is 11.2. The topological polar surface area (TPSA) is 64.4 Å². The van der Waals surface area contributed by atoms with Crippen LogP contribution in [0.5, 0.6) is 5.75 Å². The third-order valence-electron chi connectivity index (χ3n) is 4.21. The Balaban J connectivity index is 1.90. The van der Waals surface area contributed by atoms with Crippen molar-refractivity contribution in [2.45, 2.75) is 44.2 Å². The fourth-order valence-electron chi connectivity index (χ4n) is 2.72. The van der Waals surface area contributed by atoms with Crippen LogP contribution < -0.4 is 4.74 Å². The highest BCUT2D eigenvalue weighted by molar-refractivity contribution is 7.89. The Labute approximate surface area is 143 Å². The van der Waals surface area contributed by atoms with Gasteiger partial charge in [-0.1, -0.05) is 26.8 Å². The molecule has 1 aromatic carbocycles. The monoisotopic (exact) mass is 349 g/mol. The van der Waals surface area contributed by atoms with Crippen LogP contribution in [0.4, 0.5) is 0 Å². The molecule has 2 heterocycles. The van der Waals surface area contributed by atoms with Crippen LogP contribution in [0.3, 0.4) is 0 Å². The van der Waals surface area contributed by atoms with E-state index in [9.17, 15) is 8.42 Å². The quantitative estimate of drug-likeness (QED) is 0.853. The molecule has 2 aromatic rings. The van der Waals surface area contributed by atoms with Gasteiger partial charge in [-0.25, -0.2) is 8.42 Å². The molecule has 0 fully saturated rings. The van der Waals surface area contributed by atoms with Gasteiger partial charge in [0, 0.05) is 18.0 Å². The van der Waals surface area contributed by atoms with Crippen molar-refractivity contribution in [3.05, 3.63) is 41.7 Å². The first-order valence-electron chi connectivity index (χ1n) is 7.93. The van der Waals surface area contributed by atoms with Gasteiger partial charge in [0.15, 0.2) is 0 Å². The average Bonchev–Trinajstić information content (AvgIpc) is 2.98. The van der Waals surface area contributed by atoms with Gasteiger partial charge in [0.25, 0.3) is 0 Å². The average molecular weight is 349 g/mol. The summed E-state index contributed by atoms with van der Waals surface area (Å²) in [6.07, 6.45) is 0. The summed E-state index contributed by atoms with van der Waals surface area (Å²) in [4.78, 5) is 0.255. The standard InChI is InChI=1S/C17H23N3O3S/c1-17(2,3)16-10-13-12-19(8-9-20(13)18-16)24(21,22)15-7-5-6-14(11-15)23-4/h5-7,10-11H,8-9,12H2,1-4H3. The van der Waals surface area contributed by atoms with E-state index in [0.717, 1.165) is 11.4 Å². The maximum absolute atomic E-state index is 12.9. The number of benzene rings is 1. The van der Waals surface area contributed by atoms with Crippen LogP contribution in [-0.2, 0) is 28.5 Å². The fraction of sp³-hybridized carbons (Fsp3) is 0.471. The lowest BCUT2D eigenvalue weighted by molar-refractivity contribution is 0.325. The first-order valence-corrected chi connectivity index (χ1v) is 9.37. The van der Waals surface area contributed by atoms with Crippen molar-refractivity contribution in [3.63, 3.8) is 0 Å². The lowest BCUT2D eigenvalue weighted by Gasteiger charge is -2.27. The van der Waals surface area contributed by atoms with Crippen molar-refractivity contribution in [3.8, 4) is 5.75 Å². The third kappa shape index (κ3) is 3.06. The molecule has 7 heteroatoms. The van der Waals surface area contributed by atoms with Crippen molar-refractivity contribution in [2.75, 3.05) is 13.7 Å². The molecule has 0 saturated heterocycles. The number of fused-ring (bicyclic) bond motifs is 1. The number of hydrogen-bond acceptors (Lipinski definition) is 4. The zero-order valence-electron chi connectivity index (χ0n) is 14.5. The number of nitrogens with zero attached hydrogens (tertiary/aromatic N) is 3. The van der Waals surface area contributed by atoms with E-state index in [1.54, 1.807) is 24.3 Å². The predicted octanol–water partition coefficient (Wildman–Crippen LogP) is 2.39. The number of hydrogen-bond donors (Lipinski definition) is 0. The molecule has 0 unspecified atom stereocenters. The van der Waals surface area contributed by atoms with Gasteiger partial charge in [0.2, 0.25) is 10.0 Å². The van der Waals surface area contributed by atoms with E-state index in [2.05, 4.69) is 25.9 Å². The minimum atomic E-state index is -3.55. The van der Waals surface area contributed by atoms with Crippen molar-refractivity contribution in [1.82, 2.24) is 14.1 Å². The smallest absolute Gasteiger partial charge is 0.243 e. The highest BCUT2D eigenvalue weighted by atomic mass is 32.2. The van der Waals surface area contributed by atoms with E-state index in [1.807, 2.05) is 10.7 Å². The Hall–Kier alpha value is -1.86. The molecule has 0 radical (unpaired) electrons. The van der Waals surface area contributed by atoms with E-state index in [4.69, 9.17) is 4.74 Å². The number of methoxy groups -OCH3 is 1. The van der Waals surface area contributed by atoms with E-state index < -0.39 is 10.0 Å². The van der Waals surface area contributed by atoms with Gasteiger partial charge in [-0.2, -0.15) is 9.40 Å². The van der Waals surface area contributed by atoms with E-state index in [1.165, 1.54) is 11.4 Å². The van der Waals surface area contributed by atoms with Gasteiger partial charge >= 0.3 is 0 Å². The number of ether oxygens (including phenoxy) is 1. The van der Waals surface area contributed by atoms with Crippen molar-refractivity contribution in [2.24, 2.45) is 0 Å². The van der Waals surface area contributed by atoms with Gasteiger partial charge in [0.05, 0.1) is 36.5 Å². The van der Waals surface area contributed by atoms with Crippen LogP contribution in [-0.4, -0.2) is 36.2 Å².